The van der Waals surface area contributed by atoms with Gasteiger partial charge < -0.3 is 24.3 Å². The zero-order chi connectivity index (χ0) is 26.5. The molecule has 33 heavy (non-hydrogen) atoms. The van der Waals surface area contributed by atoms with E-state index in [1.807, 2.05) is 0 Å². The fourth-order valence-corrected chi connectivity index (χ4v) is 2.16. The van der Waals surface area contributed by atoms with Gasteiger partial charge in [0.05, 0.1) is 36.6 Å². The topological polar surface area (TPSA) is 52.2 Å². The molecule has 0 amide bonds. The maximum Gasteiger partial charge on any atom is 0.102 e. The molecule has 6 nitrogen and oxygen atoms in total. The van der Waals surface area contributed by atoms with Crippen molar-refractivity contribution < 1.29 is 18.9 Å². The van der Waals surface area contributed by atoms with E-state index in [9.17, 15) is 0 Å². The fraction of sp³-hybridized carbons (Fsp3) is 1.00. The number of nitrogens with one attached hydrogen (secondary N) is 1. The molecular weight excluding hydrogens is 416 g/mol. The molecule has 0 aromatic rings. The Morgan fingerprint density at radius 2 is 1.00 bits per heavy atom. The van der Waals surface area contributed by atoms with Crippen molar-refractivity contribution in [1.82, 2.24) is 10.2 Å². The van der Waals surface area contributed by atoms with Crippen LogP contribution in [0.2, 0.25) is 0 Å². The van der Waals surface area contributed by atoms with Gasteiger partial charge in [0.2, 0.25) is 0 Å². The Bertz CT molecular complexity index is 430. The molecule has 0 aliphatic rings. The van der Waals surface area contributed by atoms with Gasteiger partial charge in [-0.15, -0.1) is 0 Å². The first-order valence-corrected chi connectivity index (χ1v) is 12.7. The average Bonchev–Trinajstić information content (AvgIpc) is 2.58. The highest BCUT2D eigenvalue weighted by molar-refractivity contribution is 4.73. The summed E-state index contributed by atoms with van der Waals surface area (Å²) in [6.07, 6.45) is 0.567. The number of hydrogen-bond acceptors (Lipinski definition) is 6. The molecule has 0 fully saturated rings. The molecule has 6 heteroatoms. The van der Waals surface area contributed by atoms with Crippen LogP contribution in [0.25, 0.3) is 0 Å². The third kappa shape index (κ3) is 27.9. The lowest BCUT2D eigenvalue weighted by Crippen LogP contribution is -2.41. The van der Waals surface area contributed by atoms with E-state index >= 15 is 0 Å². The molecule has 1 N–H and O–H groups in total. The number of nitrogens with zero attached hydrogens (tertiary/aromatic N) is 1. The Labute approximate surface area is 207 Å². The Hall–Kier alpha value is -0.240. The molecule has 0 aliphatic carbocycles. The van der Waals surface area contributed by atoms with Gasteiger partial charge in [0.15, 0.2) is 0 Å². The highest BCUT2D eigenvalue weighted by Crippen LogP contribution is 2.12. The summed E-state index contributed by atoms with van der Waals surface area (Å²) in [5.74, 6) is 0.416. The van der Waals surface area contributed by atoms with Crippen LogP contribution < -0.4 is 5.32 Å². The Kier molecular flexibility index (Phi) is 17.4. The van der Waals surface area contributed by atoms with E-state index in [2.05, 4.69) is 114 Å². The smallest absolute Gasteiger partial charge is 0.102 e. The predicted octanol–water partition coefficient (Wildman–Crippen LogP) is 6.08. The quantitative estimate of drug-likeness (QED) is 0.325. The van der Waals surface area contributed by atoms with Crippen LogP contribution in [0.5, 0.6) is 0 Å². The van der Waals surface area contributed by atoms with Crippen LogP contribution in [0.15, 0.2) is 0 Å². The van der Waals surface area contributed by atoms with Crippen LogP contribution in [0, 0.1) is 5.92 Å². The molecule has 0 rings (SSSR count). The van der Waals surface area contributed by atoms with E-state index in [-0.39, 0.29) is 28.9 Å². The molecule has 0 bridgehead atoms. The molecule has 0 heterocycles. The van der Waals surface area contributed by atoms with Crippen molar-refractivity contribution in [3.63, 3.8) is 0 Å². The molecule has 0 radical (unpaired) electrons. The summed E-state index contributed by atoms with van der Waals surface area (Å²) in [5, 5.41) is 3.51. The second kappa shape index (κ2) is 16.4. The molecular formula is C27H60N2O4. The molecule has 0 aromatic carbocycles. The first-order chi connectivity index (χ1) is 14.7. The second-order valence-corrected chi connectivity index (χ2v) is 12.7. The second-order valence-electron chi connectivity index (χ2n) is 12.7. The lowest BCUT2D eigenvalue weighted by molar-refractivity contribution is -0.134. The Morgan fingerprint density at radius 1 is 0.636 bits per heavy atom. The minimum absolute atomic E-state index is 0.102. The molecule has 0 aromatic heterocycles. The molecule has 0 saturated carbocycles. The first kappa shape index (κ1) is 34.9. The van der Waals surface area contributed by atoms with Gasteiger partial charge in [-0.3, -0.25) is 4.90 Å². The van der Waals surface area contributed by atoms with E-state index in [4.69, 9.17) is 18.9 Å². The molecule has 0 spiro atoms. The number of ether oxygens (including phenoxy) is 4. The third-order valence-corrected chi connectivity index (χ3v) is 4.31. The summed E-state index contributed by atoms with van der Waals surface area (Å²) in [6.45, 7) is 35.2. The van der Waals surface area contributed by atoms with Gasteiger partial charge in [-0.1, -0.05) is 0 Å². The number of hydrogen-bond donors (Lipinski definition) is 1. The van der Waals surface area contributed by atoms with Crippen LogP contribution in [-0.2, 0) is 18.9 Å². The Balaban J connectivity index is 0. The van der Waals surface area contributed by atoms with Crippen molar-refractivity contribution in [3.8, 4) is 0 Å². The van der Waals surface area contributed by atoms with Crippen LogP contribution in [0.3, 0.4) is 0 Å². The van der Waals surface area contributed by atoms with Gasteiger partial charge in [-0.25, -0.2) is 0 Å². The summed E-state index contributed by atoms with van der Waals surface area (Å²) in [4.78, 5) is 2.18. The van der Waals surface area contributed by atoms with Crippen molar-refractivity contribution in [2.75, 3.05) is 33.2 Å². The summed E-state index contributed by atoms with van der Waals surface area (Å²) in [6, 6.07) is 0.421. The first-order valence-electron chi connectivity index (χ1n) is 12.7. The number of rotatable bonds is 13. The zero-order valence-electron chi connectivity index (χ0n) is 24.9. The third-order valence-electron chi connectivity index (χ3n) is 4.31. The van der Waals surface area contributed by atoms with E-state index in [1.165, 1.54) is 0 Å². The maximum absolute atomic E-state index is 5.76. The van der Waals surface area contributed by atoms with Gasteiger partial charge in [-0.2, -0.15) is 0 Å². The predicted molar refractivity (Wildman–Crippen MR) is 142 cm³/mol. The van der Waals surface area contributed by atoms with Crippen molar-refractivity contribution >= 4 is 0 Å². The van der Waals surface area contributed by atoms with Crippen molar-refractivity contribution in [3.05, 3.63) is 0 Å². The molecule has 0 saturated heterocycles. The minimum atomic E-state index is -0.102. The largest absolute Gasteiger partial charge is 0.378 e. The van der Waals surface area contributed by atoms with Gasteiger partial charge in [0, 0.05) is 24.0 Å². The highest BCUT2D eigenvalue weighted by Gasteiger charge is 2.19. The van der Waals surface area contributed by atoms with E-state index in [0.29, 0.717) is 25.4 Å². The molecule has 0 aliphatic heterocycles. The van der Waals surface area contributed by atoms with Crippen LogP contribution in [0.1, 0.15) is 104 Å². The summed E-state index contributed by atoms with van der Waals surface area (Å²) >= 11 is 0. The molecule has 0 atom stereocenters. The summed E-state index contributed by atoms with van der Waals surface area (Å²) < 4.78 is 22.9. The van der Waals surface area contributed by atoms with Gasteiger partial charge in [0.25, 0.3) is 0 Å². The lowest BCUT2D eigenvalue weighted by atomic mass is 10.1. The molecule has 0 unspecified atom stereocenters. The van der Waals surface area contributed by atoms with Crippen molar-refractivity contribution in [2.24, 2.45) is 5.92 Å². The molecule has 202 valence electrons. The maximum atomic E-state index is 5.76. The van der Waals surface area contributed by atoms with E-state index in [0.717, 1.165) is 19.8 Å². The van der Waals surface area contributed by atoms with Gasteiger partial charge >= 0.3 is 0 Å². The van der Waals surface area contributed by atoms with Gasteiger partial charge in [0.1, 0.15) is 13.5 Å². The lowest BCUT2D eigenvalue weighted by Gasteiger charge is -2.32. The minimum Gasteiger partial charge on any atom is -0.378 e. The SMILES string of the molecule is CC(C)N(COC(C)(C)C)COC(C)(C)C.CC(C)OCC(CNC(C)(C)C)COC(C)C. The van der Waals surface area contributed by atoms with Crippen LogP contribution >= 0.6 is 0 Å². The van der Waals surface area contributed by atoms with Crippen molar-refractivity contribution in [2.45, 2.75) is 139 Å². The van der Waals surface area contributed by atoms with E-state index in [1.54, 1.807) is 0 Å². The summed E-state index contributed by atoms with van der Waals surface area (Å²) in [7, 11) is 0. The standard InChI is InChI=1S/C14H31NO2.C13H29NO2/c1-11(2)16-9-13(10-17-12(3)4)8-15-14(5,6)7;1-11(2)14(9-15-12(3,4)5)10-16-13(6,7)8/h11-13,15H,8-10H2,1-7H3;11H,9-10H2,1-8H3. The fourth-order valence-electron chi connectivity index (χ4n) is 2.16. The average molecular weight is 477 g/mol. The van der Waals surface area contributed by atoms with E-state index < -0.39 is 0 Å². The monoisotopic (exact) mass is 476 g/mol. The zero-order valence-corrected chi connectivity index (χ0v) is 24.9. The van der Waals surface area contributed by atoms with Gasteiger partial charge in [-0.05, 0) is 104 Å². The Morgan fingerprint density at radius 3 is 1.24 bits per heavy atom. The van der Waals surface area contributed by atoms with Crippen LogP contribution in [0.4, 0.5) is 0 Å². The highest BCUT2D eigenvalue weighted by atomic mass is 16.5. The summed E-state index contributed by atoms with van der Waals surface area (Å²) in [5.41, 5.74) is -0.0579. The van der Waals surface area contributed by atoms with Crippen LogP contribution in [-0.4, -0.2) is 73.1 Å². The normalized spacial score (nSPS) is 13.5. The van der Waals surface area contributed by atoms with Crippen molar-refractivity contribution in [1.29, 1.82) is 0 Å².